The zero-order valence-electron chi connectivity index (χ0n) is 8.62. The average Bonchev–Trinajstić information content (AvgIpc) is 2.73. The highest BCUT2D eigenvalue weighted by Gasteiger charge is 2.27. The zero-order valence-corrected chi connectivity index (χ0v) is 8.62. The van der Waals surface area contributed by atoms with Crippen LogP contribution in [0.3, 0.4) is 0 Å². The molecule has 0 aromatic carbocycles. The minimum atomic E-state index is 0.112. The van der Waals surface area contributed by atoms with E-state index in [-0.39, 0.29) is 5.91 Å². The molecule has 1 aromatic rings. The van der Waals surface area contributed by atoms with Crippen molar-refractivity contribution in [3.8, 4) is 0 Å². The van der Waals surface area contributed by atoms with Crippen LogP contribution in [0, 0.1) is 6.92 Å². The number of carbonyl (C=O) groups is 1. The van der Waals surface area contributed by atoms with Crippen molar-refractivity contribution in [2.24, 2.45) is 0 Å². The van der Waals surface area contributed by atoms with E-state index in [0.29, 0.717) is 17.4 Å². The van der Waals surface area contributed by atoms with Crippen molar-refractivity contribution in [1.29, 1.82) is 0 Å². The maximum atomic E-state index is 12.0. The smallest absolute Gasteiger partial charge is 0.257 e. The Hall–Kier alpha value is -1.25. The minimum Gasteiger partial charge on any atom is -0.469 e. The second-order valence-corrected chi connectivity index (χ2v) is 3.88. The zero-order chi connectivity index (χ0) is 10.1. The predicted octanol–water partition coefficient (Wildman–Crippen LogP) is 2.21. The highest BCUT2D eigenvalue weighted by atomic mass is 16.3. The Morgan fingerprint density at radius 3 is 2.93 bits per heavy atom. The van der Waals surface area contributed by atoms with Gasteiger partial charge in [0.25, 0.3) is 5.91 Å². The van der Waals surface area contributed by atoms with Gasteiger partial charge in [-0.25, -0.2) is 0 Å². The van der Waals surface area contributed by atoms with Crippen LogP contribution in [0.25, 0.3) is 0 Å². The molecule has 1 atom stereocenters. The minimum absolute atomic E-state index is 0.112. The second kappa shape index (κ2) is 3.48. The van der Waals surface area contributed by atoms with Crippen LogP contribution in [-0.2, 0) is 0 Å². The molecule has 3 heteroatoms. The summed E-state index contributed by atoms with van der Waals surface area (Å²) in [5, 5.41) is 0. The Morgan fingerprint density at radius 1 is 1.64 bits per heavy atom. The highest BCUT2D eigenvalue weighted by molar-refractivity contribution is 5.95. The van der Waals surface area contributed by atoms with Gasteiger partial charge >= 0.3 is 0 Å². The molecule has 0 radical (unpaired) electrons. The van der Waals surface area contributed by atoms with Crippen LogP contribution in [0.5, 0.6) is 0 Å². The van der Waals surface area contributed by atoms with Crippen molar-refractivity contribution in [1.82, 2.24) is 4.90 Å². The van der Waals surface area contributed by atoms with E-state index < -0.39 is 0 Å². The molecular formula is C11H15NO2. The molecule has 0 N–H and O–H groups in total. The SMILES string of the molecule is Cc1occc1C(=O)N1CCCC1C. The van der Waals surface area contributed by atoms with Gasteiger partial charge < -0.3 is 9.32 Å². The molecule has 1 amide bonds. The fourth-order valence-electron chi connectivity index (χ4n) is 2.00. The number of amides is 1. The molecule has 1 unspecified atom stereocenters. The van der Waals surface area contributed by atoms with Crippen LogP contribution >= 0.6 is 0 Å². The summed E-state index contributed by atoms with van der Waals surface area (Å²) in [5.41, 5.74) is 0.707. The topological polar surface area (TPSA) is 33.5 Å². The predicted molar refractivity (Wildman–Crippen MR) is 53.2 cm³/mol. The number of furan rings is 1. The van der Waals surface area contributed by atoms with Crippen molar-refractivity contribution in [2.75, 3.05) is 6.54 Å². The van der Waals surface area contributed by atoms with Gasteiger partial charge in [-0.1, -0.05) is 0 Å². The summed E-state index contributed by atoms with van der Waals surface area (Å²) >= 11 is 0. The van der Waals surface area contributed by atoms with Gasteiger partial charge in [-0.05, 0) is 32.8 Å². The summed E-state index contributed by atoms with van der Waals surface area (Å²) in [4.78, 5) is 13.9. The molecule has 3 nitrogen and oxygen atoms in total. The third-order valence-corrected chi connectivity index (χ3v) is 2.90. The maximum Gasteiger partial charge on any atom is 0.257 e. The number of rotatable bonds is 1. The van der Waals surface area contributed by atoms with Crippen LogP contribution < -0.4 is 0 Å². The largest absolute Gasteiger partial charge is 0.469 e. The van der Waals surface area contributed by atoms with E-state index in [2.05, 4.69) is 6.92 Å². The number of carbonyl (C=O) groups excluding carboxylic acids is 1. The molecule has 0 aliphatic carbocycles. The van der Waals surface area contributed by atoms with Crippen LogP contribution in [0.1, 0.15) is 35.9 Å². The van der Waals surface area contributed by atoms with Crippen molar-refractivity contribution in [3.05, 3.63) is 23.7 Å². The first-order chi connectivity index (χ1) is 6.70. The summed E-state index contributed by atoms with van der Waals surface area (Å²) in [6.07, 6.45) is 3.80. The number of hydrogen-bond donors (Lipinski definition) is 0. The molecule has 2 heterocycles. The number of nitrogens with zero attached hydrogens (tertiary/aromatic N) is 1. The Morgan fingerprint density at radius 2 is 2.43 bits per heavy atom. The fourth-order valence-corrected chi connectivity index (χ4v) is 2.00. The lowest BCUT2D eigenvalue weighted by Crippen LogP contribution is -2.33. The third kappa shape index (κ3) is 1.43. The van der Waals surface area contributed by atoms with Gasteiger partial charge in [-0.2, -0.15) is 0 Å². The first-order valence-corrected chi connectivity index (χ1v) is 5.05. The second-order valence-electron chi connectivity index (χ2n) is 3.88. The number of aryl methyl sites for hydroxylation is 1. The van der Waals surface area contributed by atoms with Crippen LogP contribution in [-0.4, -0.2) is 23.4 Å². The molecule has 1 aromatic heterocycles. The molecule has 0 bridgehead atoms. The van der Waals surface area contributed by atoms with Crippen LogP contribution in [0.2, 0.25) is 0 Å². The van der Waals surface area contributed by atoms with E-state index in [4.69, 9.17) is 4.42 Å². The molecule has 1 aliphatic heterocycles. The van der Waals surface area contributed by atoms with Crippen molar-refractivity contribution in [3.63, 3.8) is 0 Å². The highest BCUT2D eigenvalue weighted by Crippen LogP contribution is 2.21. The van der Waals surface area contributed by atoms with Gasteiger partial charge in [0, 0.05) is 12.6 Å². The van der Waals surface area contributed by atoms with Gasteiger partial charge in [0.15, 0.2) is 0 Å². The van der Waals surface area contributed by atoms with E-state index in [1.54, 1.807) is 12.3 Å². The lowest BCUT2D eigenvalue weighted by Gasteiger charge is -2.20. The molecule has 0 spiro atoms. The lowest BCUT2D eigenvalue weighted by molar-refractivity contribution is 0.0745. The average molecular weight is 193 g/mol. The third-order valence-electron chi connectivity index (χ3n) is 2.90. The Balaban J connectivity index is 2.20. The first kappa shape index (κ1) is 9.31. The van der Waals surface area contributed by atoms with Gasteiger partial charge in [-0.15, -0.1) is 0 Å². The standard InChI is InChI=1S/C11H15NO2/c1-8-4-3-6-12(8)11(13)10-5-7-14-9(10)2/h5,7-8H,3-4,6H2,1-2H3. The fraction of sp³-hybridized carbons (Fsp3) is 0.545. The number of hydrogen-bond acceptors (Lipinski definition) is 2. The number of likely N-dealkylation sites (tertiary alicyclic amines) is 1. The quantitative estimate of drug-likeness (QED) is 0.685. The molecule has 1 aliphatic rings. The molecule has 1 saturated heterocycles. The Labute approximate surface area is 83.7 Å². The van der Waals surface area contributed by atoms with Crippen LogP contribution in [0.4, 0.5) is 0 Å². The molecule has 2 rings (SSSR count). The van der Waals surface area contributed by atoms with Crippen LogP contribution in [0.15, 0.2) is 16.7 Å². The first-order valence-electron chi connectivity index (χ1n) is 5.05. The monoisotopic (exact) mass is 193 g/mol. The molecule has 14 heavy (non-hydrogen) atoms. The Bertz CT molecular complexity index is 343. The maximum absolute atomic E-state index is 12.0. The van der Waals surface area contributed by atoms with E-state index in [0.717, 1.165) is 19.4 Å². The molecule has 1 fully saturated rings. The summed E-state index contributed by atoms with van der Waals surface area (Å²) < 4.78 is 5.13. The van der Waals surface area contributed by atoms with E-state index in [9.17, 15) is 4.79 Å². The van der Waals surface area contributed by atoms with E-state index >= 15 is 0 Å². The van der Waals surface area contributed by atoms with Gasteiger partial charge in [0.1, 0.15) is 5.76 Å². The Kier molecular flexibility index (Phi) is 2.32. The van der Waals surface area contributed by atoms with E-state index in [1.165, 1.54) is 0 Å². The lowest BCUT2D eigenvalue weighted by atomic mass is 10.2. The summed E-state index contributed by atoms with van der Waals surface area (Å²) in [6.45, 7) is 4.80. The van der Waals surface area contributed by atoms with Crippen molar-refractivity contribution < 1.29 is 9.21 Å². The summed E-state index contributed by atoms with van der Waals surface area (Å²) in [7, 11) is 0. The molecule has 0 saturated carbocycles. The van der Waals surface area contributed by atoms with Gasteiger partial charge in [0.2, 0.25) is 0 Å². The summed E-state index contributed by atoms with van der Waals surface area (Å²) in [5.74, 6) is 0.829. The van der Waals surface area contributed by atoms with Crippen molar-refractivity contribution in [2.45, 2.75) is 32.7 Å². The van der Waals surface area contributed by atoms with Gasteiger partial charge in [0.05, 0.1) is 11.8 Å². The molecule has 76 valence electrons. The van der Waals surface area contributed by atoms with E-state index in [1.807, 2.05) is 11.8 Å². The molecular weight excluding hydrogens is 178 g/mol. The normalized spacial score (nSPS) is 21.6. The van der Waals surface area contributed by atoms with Gasteiger partial charge in [-0.3, -0.25) is 4.79 Å². The summed E-state index contributed by atoms with van der Waals surface area (Å²) in [6, 6.07) is 2.12. The van der Waals surface area contributed by atoms with Crippen molar-refractivity contribution >= 4 is 5.91 Å².